The van der Waals surface area contributed by atoms with Gasteiger partial charge in [0.2, 0.25) is 0 Å². The maximum Gasteiger partial charge on any atom is 0.338 e. The minimum Gasteiger partial charge on any atom is -0.423 e. The van der Waals surface area contributed by atoms with Crippen molar-refractivity contribution >= 4 is 17.3 Å². The van der Waals surface area contributed by atoms with Gasteiger partial charge in [0.1, 0.15) is 5.76 Å². The highest BCUT2D eigenvalue weighted by Gasteiger charge is 2.13. The van der Waals surface area contributed by atoms with E-state index < -0.39 is 0 Å². The molecule has 3 rings (SSSR count). The predicted molar refractivity (Wildman–Crippen MR) is 81.5 cm³/mol. The van der Waals surface area contributed by atoms with Crippen LogP contribution in [0, 0.1) is 0 Å². The van der Waals surface area contributed by atoms with E-state index in [1.807, 2.05) is 18.2 Å². The first kappa shape index (κ1) is 13.3. The van der Waals surface area contributed by atoms with Gasteiger partial charge in [-0.1, -0.05) is 11.6 Å². The Morgan fingerprint density at radius 1 is 1.00 bits per heavy atom. The second-order valence-corrected chi connectivity index (χ2v) is 5.49. The van der Waals surface area contributed by atoms with Gasteiger partial charge >= 0.3 is 5.63 Å². The average Bonchev–Trinajstić information content (AvgIpc) is 2.48. The van der Waals surface area contributed by atoms with Gasteiger partial charge < -0.3 is 9.32 Å². The number of benzene rings is 1. The lowest BCUT2D eigenvalue weighted by Crippen LogP contribution is -2.30. The van der Waals surface area contributed by atoms with E-state index in [-0.39, 0.29) is 5.63 Å². The molecule has 0 N–H and O–H groups in total. The van der Waals surface area contributed by atoms with Crippen LogP contribution in [0.25, 0.3) is 11.3 Å². The number of halogens is 1. The fourth-order valence-corrected chi connectivity index (χ4v) is 2.68. The molecule has 0 spiro atoms. The molecule has 3 nitrogen and oxygen atoms in total. The van der Waals surface area contributed by atoms with Gasteiger partial charge in [0, 0.05) is 41.5 Å². The third kappa shape index (κ3) is 2.88. The molecule has 0 bridgehead atoms. The summed E-state index contributed by atoms with van der Waals surface area (Å²) in [5.74, 6) is 0.592. The highest BCUT2D eigenvalue weighted by atomic mass is 35.5. The van der Waals surface area contributed by atoms with Crippen LogP contribution in [0.3, 0.4) is 0 Å². The van der Waals surface area contributed by atoms with Crippen molar-refractivity contribution in [3.63, 3.8) is 0 Å². The van der Waals surface area contributed by atoms with Crippen molar-refractivity contribution in [2.45, 2.75) is 19.3 Å². The number of piperidine rings is 1. The molecule has 1 aromatic heterocycles. The molecule has 1 saturated heterocycles. The van der Waals surface area contributed by atoms with Gasteiger partial charge in [-0.25, -0.2) is 4.79 Å². The molecule has 1 aliphatic heterocycles. The van der Waals surface area contributed by atoms with Crippen LogP contribution in [0.4, 0.5) is 5.69 Å². The SMILES string of the molecule is O=c1cc(N2CCCCC2)cc(-c2ccc(Cl)cc2)o1. The standard InChI is InChI=1S/C16H16ClNO2/c17-13-6-4-12(5-7-13)15-10-14(11-16(19)20-15)18-8-2-1-3-9-18/h4-7,10-11H,1-3,8-9H2. The predicted octanol–water partition coefficient (Wildman–Crippen LogP) is 3.95. The van der Waals surface area contributed by atoms with Gasteiger partial charge in [-0.2, -0.15) is 0 Å². The molecule has 2 aromatic rings. The monoisotopic (exact) mass is 289 g/mol. The van der Waals surface area contributed by atoms with Crippen molar-refractivity contribution in [1.29, 1.82) is 0 Å². The Kier molecular flexibility index (Phi) is 3.79. The summed E-state index contributed by atoms with van der Waals surface area (Å²) in [4.78, 5) is 14.0. The van der Waals surface area contributed by atoms with Crippen LogP contribution in [-0.4, -0.2) is 13.1 Å². The van der Waals surface area contributed by atoms with Crippen molar-refractivity contribution in [3.8, 4) is 11.3 Å². The largest absolute Gasteiger partial charge is 0.423 e. The molecule has 1 aromatic carbocycles. The molecule has 0 atom stereocenters. The van der Waals surface area contributed by atoms with Crippen LogP contribution in [-0.2, 0) is 0 Å². The molecule has 104 valence electrons. The fourth-order valence-electron chi connectivity index (χ4n) is 2.56. The van der Waals surface area contributed by atoms with Gasteiger partial charge in [-0.3, -0.25) is 0 Å². The molecule has 2 heterocycles. The summed E-state index contributed by atoms with van der Waals surface area (Å²) < 4.78 is 5.31. The van der Waals surface area contributed by atoms with E-state index in [4.69, 9.17) is 16.0 Å². The lowest BCUT2D eigenvalue weighted by molar-refractivity contribution is 0.521. The van der Waals surface area contributed by atoms with E-state index in [0.717, 1.165) is 24.3 Å². The third-order valence-electron chi connectivity index (χ3n) is 3.61. The first-order valence-electron chi connectivity index (χ1n) is 6.88. The summed E-state index contributed by atoms with van der Waals surface area (Å²) >= 11 is 5.88. The van der Waals surface area contributed by atoms with Crippen LogP contribution in [0.5, 0.6) is 0 Å². The van der Waals surface area contributed by atoms with E-state index in [2.05, 4.69) is 4.90 Å². The summed E-state index contributed by atoms with van der Waals surface area (Å²) in [6.45, 7) is 2.01. The summed E-state index contributed by atoms with van der Waals surface area (Å²) in [5, 5.41) is 0.670. The van der Waals surface area contributed by atoms with Crippen molar-refractivity contribution in [3.05, 3.63) is 51.8 Å². The minimum atomic E-state index is -0.307. The number of hydrogen-bond donors (Lipinski definition) is 0. The molecule has 4 heteroatoms. The zero-order chi connectivity index (χ0) is 13.9. The second-order valence-electron chi connectivity index (χ2n) is 5.05. The van der Waals surface area contributed by atoms with Crippen LogP contribution in [0.1, 0.15) is 19.3 Å². The highest BCUT2D eigenvalue weighted by molar-refractivity contribution is 6.30. The normalized spacial score (nSPS) is 15.3. The Morgan fingerprint density at radius 3 is 2.40 bits per heavy atom. The molecule has 0 radical (unpaired) electrons. The minimum absolute atomic E-state index is 0.307. The molecule has 1 aliphatic rings. The smallest absolute Gasteiger partial charge is 0.338 e. The highest BCUT2D eigenvalue weighted by Crippen LogP contribution is 2.26. The third-order valence-corrected chi connectivity index (χ3v) is 3.86. The first-order chi connectivity index (χ1) is 9.72. The summed E-state index contributed by atoms with van der Waals surface area (Å²) in [6, 6.07) is 10.8. The van der Waals surface area contributed by atoms with Crippen LogP contribution < -0.4 is 10.5 Å². The van der Waals surface area contributed by atoms with E-state index in [0.29, 0.717) is 10.8 Å². The topological polar surface area (TPSA) is 33.5 Å². The van der Waals surface area contributed by atoms with E-state index >= 15 is 0 Å². The Bertz CT molecular complexity index is 642. The lowest BCUT2D eigenvalue weighted by Gasteiger charge is -2.28. The van der Waals surface area contributed by atoms with E-state index in [1.165, 1.54) is 19.3 Å². The number of nitrogens with zero attached hydrogens (tertiary/aromatic N) is 1. The average molecular weight is 290 g/mol. The number of anilines is 1. The quantitative estimate of drug-likeness (QED) is 0.839. The lowest BCUT2D eigenvalue weighted by atomic mass is 10.1. The first-order valence-corrected chi connectivity index (χ1v) is 7.26. The molecule has 20 heavy (non-hydrogen) atoms. The van der Waals surface area contributed by atoms with Gasteiger partial charge in [0.05, 0.1) is 0 Å². The molecule has 0 saturated carbocycles. The van der Waals surface area contributed by atoms with E-state index in [9.17, 15) is 4.79 Å². The van der Waals surface area contributed by atoms with Gasteiger partial charge in [0.15, 0.2) is 0 Å². The maximum atomic E-state index is 11.8. The van der Waals surface area contributed by atoms with Crippen molar-refractivity contribution < 1.29 is 4.42 Å². The summed E-state index contributed by atoms with van der Waals surface area (Å²) in [7, 11) is 0. The van der Waals surface area contributed by atoms with Gasteiger partial charge in [-0.15, -0.1) is 0 Å². The van der Waals surface area contributed by atoms with Crippen LogP contribution >= 0.6 is 11.6 Å². The molecule has 0 unspecified atom stereocenters. The van der Waals surface area contributed by atoms with Crippen molar-refractivity contribution in [2.75, 3.05) is 18.0 Å². The molecule has 0 aliphatic carbocycles. The summed E-state index contributed by atoms with van der Waals surface area (Å²) in [5.41, 5.74) is 1.51. The molecular formula is C16H16ClNO2. The summed E-state index contributed by atoms with van der Waals surface area (Å²) in [6.07, 6.45) is 3.62. The number of rotatable bonds is 2. The van der Waals surface area contributed by atoms with Crippen LogP contribution in [0.15, 0.2) is 45.6 Å². The Hall–Kier alpha value is -1.74. The van der Waals surface area contributed by atoms with Crippen molar-refractivity contribution in [1.82, 2.24) is 0 Å². The molecule has 0 amide bonds. The van der Waals surface area contributed by atoms with Gasteiger partial charge in [0.25, 0.3) is 0 Å². The van der Waals surface area contributed by atoms with Crippen molar-refractivity contribution in [2.24, 2.45) is 0 Å². The van der Waals surface area contributed by atoms with Crippen LogP contribution in [0.2, 0.25) is 5.02 Å². The number of hydrogen-bond acceptors (Lipinski definition) is 3. The molecule has 1 fully saturated rings. The second kappa shape index (κ2) is 5.71. The van der Waals surface area contributed by atoms with E-state index in [1.54, 1.807) is 18.2 Å². The zero-order valence-corrected chi connectivity index (χ0v) is 11.9. The Balaban J connectivity index is 1.97. The Morgan fingerprint density at radius 2 is 1.70 bits per heavy atom. The maximum absolute atomic E-state index is 11.8. The zero-order valence-electron chi connectivity index (χ0n) is 11.1. The molecular weight excluding hydrogens is 274 g/mol. The van der Waals surface area contributed by atoms with Gasteiger partial charge in [-0.05, 0) is 43.5 Å². The fraction of sp³-hybridized carbons (Fsp3) is 0.312. The Labute approximate surface area is 122 Å².